The van der Waals surface area contributed by atoms with E-state index in [0.29, 0.717) is 0 Å². The summed E-state index contributed by atoms with van der Waals surface area (Å²) in [6.07, 6.45) is 0. The SMILES string of the molecule is COc1ccc(N2CCN(c3nc4c(C)c(Cl)ccc4s3)CC2)cc1. The van der Waals surface area contributed by atoms with Crippen molar-refractivity contribution in [1.29, 1.82) is 0 Å². The minimum atomic E-state index is 0.786. The number of fused-ring (bicyclic) bond motifs is 1. The lowest BCUT2D eigenvalue weighted by Crippen LogP contribution is -2.46. The highest BCUT2D eigenvalue weighted by Crippen LogP contribution is 2.34. The van der Waals surface area contributed by atoms with Crippen LogP contribution in [0.4, 0.5) is 10.8 Å². The molecule has 1 aromatic heterocycles. The molecule has 0 N–H and O–H groups in total. The van der Waals surface area contributed by atoms with Gasteiger partial charge in [-0.2, -0.15) is 0 Å². The number of aromatic nitrogens is 1. The van der Waals surface area contributed by atoms with E-state index < -0.39 is 0 Å². The van der Waals surface area contributed by atoms with E-state index >= 15 is 0 Å². The first-order chi connectivity index (χ1) is 12.2. The summed E-state index contributed by atoms with van der Waals surface area (Å²) in [5.74, 6) is 0.894. The van der Waals surface area contributed by atoms with Gasteiger partial charge in [-0.05, 0) is 48.9 Å². The second-order valence-electron chi connectivity index (χ2n) is 6.19. The number of hydrogen-bond acceptors (Lipinski definition) is 5. The fraction of sp³-hybridized carbons (Fsp3) is 0.316. The molecule has 4 nitrogen and oxygen atoms in total. The number of aryl methyl sites for hydroxylation is 1. The van der Waals surface area contributed by atoms with Gasteiger partial charge < -0.3 is 14.5 Å². The van der Waals surface area contributed by atoms with Gasteiger partial charge in [0.15, 0.2) is 5.13 Å². The van der Waals surface area contributed by atoms with E-state index in [4.69, 9.17) is 21.3 Å². The van der Waals surface area contributed by atoms with E-state index in [0.717, 1.165) is 53.2 Å². The third-order valence-electron chi connectivity index (χ3n) is 4.72. The quantitative estimate of drug-likeness (QED) is 0.671. The first kappa shape index (κ1) is 16.5. The van der Waals surface area contributed by atoms with Crippen molar-refractivity contribution in [3.63, 3.8) is 0 Å². The fourth-order valence-corrected chi connectivity index (χ4v) is 4.40. The van der Waals surface area contributed by atoms with Crippen LogP contribution in [0.5, 0.6) is 5.75 Å². The molecular weight excluding hydrogens is 354 g/mol. The summed E-state index contributed by atoms with van der Waals surface area (Å²) in [5.41, 5.74) is 3.34. The summed E-state index contributed by atoms with van der Waals surface area (Å²) in [7, 11) is 1.70. The van der Waals surface area contributed by atoms with Gasteiger partial charge in [0, 0.05) is 36.9 Å². The lowest BCUT2D eigenvalue weighted by Gasteiger charge is -2.36. The number of ether oxygens (including phenoxy) is 1. The van der Waals surface area contributed by atoms with Crippen LogP contribution in [0.1, 0.15) is 5.56 Å². The highest BCUT2D eigenvalue weighted by atomic mass is 35.5. The molecule has 0 saturated carbocycles. The third kappa shape index (κ3) is 3.14. The van der Waals surface area contributed by atoms with Gasteiger partial charge in [-0.1, -0.05) is 22.9 Å². The zero-order valence-corrected chi connectivity index (χ0v) is 15.9. The molecule has 130 valence electrons. The molecule has 0 radical (unpaired) electrons. The minimum absolute atomic E-state index is 0.786. The molecule has 0 unspecified atom stereocenters. The Balaban J connectivity index is 1.49. The molecule has 1 fully saturated rings. The Bertz CT molecular complexity index is 886. The summed E-state index contributed by atoms with van der Waals surface area (Å²) in [5, 5.41) is 1.88. The number of thiazole rings is 1. The summed E-state index contributed by atoms with van der Waals surface area (Å²) >= 11 is 7.98. The van der Waals surface area contributed by atoms with Crippen molar-refractivity contribution >= 4 is 44.0 Å². The van der Waals surface area contributed by atoms with Crippen molar-refractivity contribution in [2.45, 2.75) is 6.92 Å². The predicted molar refractivity (Wildman–Crippen MR) is 107 cm³/mol. The Kier molecular flexibility index (Phi) is 4.44. The molecule has 0 bridgehead atoms. The third-order valence-corrected chi connectivity index (χ3v) is 6.22. The van der Waals surface area contributed by atoms with Crippen LogP contribution >= 0.6 is 22.9 Å². The van der Waals surface area contributed by atoms with Gasteiger partial charge in [0.2, 0.25) is 0 Å². The van der Waals surface area contributed by atoms with E-state index in [1.54, 1.807) is 18.4 Å². The normalized spacial score (nSPS) is 15.0. The van der Waals surface area contributed by atoms with Gasteiger partial charge in [-0.15, -0.1) is 0 Å². The first-order valence-corrected chi connectivity index (χ1v) is 9.55. The van der Waals surface area contributed by atoms with E-state index in [1.165, 1.54) is 10.4 Å². The molecule has 1 saturated heterocycles. The average molecular weight is 374 g/mol. The molecule has 1 aliphatic rings. The molecule has 1 aliphatic heterocycles. The number of rotatable bonds is 3. The van der Waals surface area contributed by atoms with E-state index in [-0.39, 0.29) is 0 Å². The Morgan fingerprint density at radius 2 is 1.68 bits per heavy atom. The number of benzene rings is 2. The van der Waals surface area contributed by atoms with Crippen molar-refractivity contribution in [2.75, 3.05) is 43.1 Å². The molecule has 4 rings (SSSR count). The van der Waals surface area contributed by atoms with Crippen LogP contribution < -0.4 is 14.5 Å². The largest absolute Gasteiger partial charge is 0.497 e. The smallest absolute Gasteiger partial charge is 0.186 e. The molecular formula is C19H20ClN3OS. The molecule has 0 aliphatic carbocycles. The molecule has 2 aromatic carbocycles. The number of methoxy groups -OCH3 is 1. The first-order valence-electron chi connectivity index (χ1n) is 8.35. The highest BCUT2D eigenvalue weighted by molar-refractivity contribution is 7.22. The monoisotopic (exact) mass is 373 g/mol. The summed E-state index contributed by atoms with van der Waals surface area (Å²) in [6, 6.07) is 12.3. The highest BCUT2D eigenvalue weighted by Gasteiger charge is 2.20. The van der Waals surface area contributed by atoms with Crippen molar-refractivity contribution < 1.29 is 4.74 Å². The molecule has 0 spiro atoms. The Hall–Kier alpha value is -1.98. The van der Waals surface area contributed by atoms with Gasteiger partial charge >= 0.3 is 0 Å². The second-order valence-corrected chi connectivity index (χ2v) is 7.60. The predicted octanol–water partition coefficient (Wildman–Crippen LogP) is 4.59. The standard InChI is InChI=1S/C19H20ClN3OS/c1-13-16(20)7-8-17-18(13)21-19(25-17)23-11-9-22(10-12-23)14-3-5-15(24-2)6-4-14/h3-8H,9-12H2,1-2H3. The number of anilines is 2. The second kappa shape index (κ2) is 6.73. The van der Waals surface area contributed by atoms with E-state index in [9.17, 15) is 0 Å². The number of piperazine rings is 1. The topological polar surface area (TPSA) is 28.6 Å². The number of halogens is 1. The molecule has 25 heavy (non-hydrogen) atoms. The Morgan fingerprint density at radius 1 is 1.00 bits per heavy atom. The average Bonchev–Trinajstić information content (AvgIpc) is 3.10. The van der Waals surface area contributed by atoms with Crippen molar-refractivity contribution in [3.05, 3.63) is 47.0 Å². The van der Waals surface area contributed by atoms with Gasteiger partial charge in [0.05, 0.1) is 17.3 Å². The minimum Gasteiger partial charge on any atom is -0.497 e. The van der Waals surface area contributed by atoms with Crippen LogP contribution in [-0.4, -0.2) is 38.3 Å². The van der Waals surface area contributed by atoms with Gasteiger partial charge in [0.25, 0.3) is 0 Å². The molecule has 0 atom stereocenters. The zero-order valence-electron chi connectivity index (χ0n) is 14.3. The lowest BCUT2D eigenvalue weighted by atomic mass is 10.2. The Labute approximate surface area is 156 Å². The zero-order chi connectivity index (χ0) is 17.4. The number of nitrogens with zero attached hydrogens (tertiary/aromatic N) is 3. The van der Waals surface area contributed by atoms with Gasteiger partial charge in [-0.3, -0.25) is 0 Å². The van der Waals surface area contributed by atoms with Crippen LogP contribution in [0.3, 0.4) is 0 Å². The summed E-state index contributed by atoms with van der Waals surface area (Å²) < 4.78 is 6.44. The molecule has 2 heterocycles. The molecule has 3 aromatic rings. The van der Waals surface area contributed by atoms with Crippen LogP contribution in [0.25, 0.3) is 10.2 Å². The number of hydrogen-bond donors (Lipinski definition) is 0. The van der Waals surface area contributed by atoms with Gasteiger partial charge in [0.1, 0.15) is 5.75 Å². The van der Waals surface area contributed by atoms with Crippen molar-refractivity contribution in [2.24, 2.45) is 0 Å². The van der Waals surface area contributed by atoms with Crippen LogP contribution in [0.2, 0.25) is 5.02 Å². The van der Waals surface area contributed by atoms with Crippen LogP contribution in [0, 0.1) is 6.92 Å². The summed E-state index contributed by atoms with van der Waals surface area (Å²) in [6.45, 7) is 5.96. The van der Waals surface area contributed by atoms with Crippen molar-refractivity contribution in [1.82, 2.24) is 4.98 Å². The Morgan fingerprint density at radius 3 is 2.36 bits per heavy atom. The van der Waals surface area contributed by atoms with Crippen molar-refractivity contribution in [3.8, 4) is 5.75 Å². The maximum atomic E-state index is 6.23. The molecule has 6 heteroatoms. The van der Waals surface area contributed by atoms with E-state index in [1.807, 2.05) is 25.1 Å². The van der Waals surface area contributed by atoms with Crippen LogP contribution in [-0.2, 0) is 0 Å². The molecule has 0 amide bonds. The van der Waals surface area contributed by atoms with Crippen LogP contribution in [0.15, 0.2) is 36.4 Å². The maximum Gasteiger partial charge on any atom is 0.186 e. The summed E-state index contributed by atoms with van der Waals surface area (Å²) in [4.78, 5) is 9.62. The maximum absolute atomic E-state index is 6.23. The van der Waals surface area contributed by atoms with Gasteiger partial charge in [-0.25, -0.2) is 4.98 Å². The lowest BCUT2D eigenvalue weighted by molar-refractivity contribution is 0.415. The fourth-order valence-electron chi connectivity index (χ4n) is 3.17. The van der Waals surface area contributed by atoms with E-state index in [2.05, 4.69) is 28.0 Å².